The molecule has 0 heterocycles. The van der Waals surface area contributed by atoms with Crippen molar-refractivity contribution in [3.8, 4) is 0 Å². The fourth-order valence-corrected chi connectivity index (χ4v) is 0. The predicted molar refractivity (Wildman–Crippen MR) is 18.4 cm³/mol. The molecule has 8 heavy (non-hydrogen) atoms. The van der Waals surface area contributed by atoms with Crippen LogP contribution in [0.4, 0.5) is 4.70 Å². The molecule has 0 aromatic carbocycles. The standard InChI is InChI=1S/Cs.FH.H2O4S.H2O/c;;1-5(2,3)4;/h;1H;(H2,1,2,3,4);1H2/q+1;;;/p-1. The molecule has 48 valence electrons. The second-order valence-electron chi connectivity index (χ2n) is 0.428. The van der Waals surface area contributed by atoms with E-state index in [2.05, 4.69) is 0 Å². The Hall–Kier alpha value is 1.81. The van der Waals surface area contributed by atoms with Gasteiger partial charge < -0.3 is 10.0 Å². The number of halogens is 1. The third-order valence-corrected chi connectivity index (χ3v) is 0. The van der Waals surface area contributed by atoms with Gasteiger partial charge >= 0.3 is 68.9 Å². The number of hydrogen-bond acceptors (Lipinski definition) is 3. The Morgan fingerprint density at radius 2 is 1.38 bits per heavy atom. The maximum atomic E-state index is 8.63. The fraction of sp³-hybridized carbons (Fsp3) is 0. The molecule has 8 heteroatoms. The van der Waals surface area contributed by atoms with E-state index in [-0.39, 0.29) is 79.1 Å². The van der Waals surface area contributed by atoms with Crippen LogP contribution in [-0.2, 0) is 10.4 Å². The molecular weight excluding hydrogens is 264 g/mol. The van der Waals surface area contributed by atoms with E-state index in [0.29, 0.717) is 0 Å². The van der Waals surface area contributed by atoms with E-state index in [1.54, 1.807) is 0 Å². The number of rotatable bonds is 0. The zero-order chi connectivity index (χ0) is 4.50. The summed E-state index contributed by atoms with van der Waals surface area (Å²) in [5.74, 6) is 0. The van der Waals surface area contributed by atoms with Crippen molar-refractivity contribution in [1.82, 2.24) is 0 Å². The summed E-state index contributed by atoms with van der Waals surface area (Å²) in [7, 11) is -4.92. The summed E-state index contributed by atoms with van der Waals surface area (Å²) in [4.78, 5) is 0. The Balaban J connectivity index is -0.0000000267. The van der Waals surface area contributed by atoms with Gasteiger partial charge in [0.15, 0.2) is 0 Å². The first-order chi connectivity index (χ1) is 2.00. The summed E-state index contributed by atoms with van der Waals surface area (Å²) in [6.45, 7) is 0. The van der Waals surface area contributed by atoms with Gasteiger partial charge in [0.25, 0.3) is 0 Å². The summed E-state index contributed by atoms with van der Waals surface area (Å²) in [5, 5.41) is 0. The second-order valence-corrected chi connectivity index (χ2v) is 1.28. The van der Waals surface area contributed by atoms with E-state index >= 15 is 0 Å². The molecular formula is H4CsFO5S. The van der Waals surface area contributed by atoms with Crippen LogP contribution in [0.1, 0.15) is 0 Å². The zero-order valence-corrected chi connectivity index (χ0v) is 11.1. The van der Waals surface area contributed by atoms with Crippen molar-refractivity contribution in [3.05, 3.63) is 0 Å². The molecule has 0 rings (SSSR count). The largest absolute Gasteiger partial charge is 1.00 e. The molecule has 0 radical (unpaired) electrons. The minimum Gasteiger partial charge on any atom is -0.726 e. The Bertz CT molecular complexity index is 95.6. The topological polar surface area (TPSA) is 109 Å². The summed E-state index contributed by atoms with van der Waals surface area (Å²) in [6.07, 6.45) is 0. The molecule has 0 saturated heterocycles. The van der Waals surface area contributed by atoms with Gasteiger partial charge in [0.2, 0.25) is 10.4 Å². The molecule has 0 bridgehead atoms. The van der Waals surface area contributed by atoms with Gasteiger partial charge in [-0.15, -0.1) is 0 Å². The zero-order valence-electron chi connectivity index (χ0n) is 3.99. The molecule has 0 fully saturated rings. The van der Waals surface area contributed by atoms with E-state index in [1.807, 2.05) is 0 Å². The van der Waals surface area contributed by atoms with Crippen LogP contribution in [0.15, 0.2) is 0 Å². The van der Waals surface area contributed by atoms with Crippen molar-refractivity contribution in [2.24, 2.45) is 0 Å². The van der Waals surface area contributed by atoms with Gasteiger partial charge in [0.05, 0.1) is 0 Å². The minimum atomic E-state index is -4.92. The van der Waals surface area contributed by atoms with E-state index in [9.17, 15) is 0 Å². The van der Waals surface area contributed by atoms with E-state index < -0.39 is 10.4 Å². The van der Waals surface area contributed by atoms with Crippen LogP contribution in [0.25, 0.3) is 0 Å². The Morgan fingerprint density at radius 3 is 1.38 bits per heavy atom. The molecule has 0 aliphatic carbocycles. The molecule has 0 atom stereocenters. The quantitative estimate of drug-likeness (QED) is 0.352. The SMILES string of the molecule is F.O.O=S(=O)([O-])O.[Cs+]. The summed E-state index contributed by atoms with van der Waals surface area (Å²) in [5.41, 5.74) is 0. The molecule has 5 nitrogen and oxygen atoms in total. The van der Waals surface area contributed by atoms with Crippen LogP contribution in [0.5, 0.6) is 0 Å². The molecule has 0 aromatic rings. The molecule has 0 aromatic heterocycles. The first kappa shape index (κ1) is 22.6. The van der Waals surface area contributed by atoms with E-state index in [0.717, 1.165) is 0 Å². The van der Waals surface area contributed by atoms with Gasteiger partial charge in [0, 0.05) is 0 Å². The van der Waals surface area contributed by atoms with Gasteiger partial charge in [-0.1, -0.05) is 0 Å². The first-order valence-electron chi connectivity index (χ1n) is 0.683. The van der Waals surface area contributed by atoms with Crippen LogP contribution in [0.3, 0.4) is 0 Å². The van der Waals surface area contributed by atoms with E-state index in [4.69, 9.17) is 17.5 Å². The second kappa shape index (κ2) is 8.81. The number of hydrogen-bond donors (Lipinski definition) is 1. The van der Waals surface area contributed by atoms with Gasteiger partial charge in [-0.05, 0) is 0 Å². The van der Waals surface area contributed by atoms with Crippen LogP contribution in [0, 0.1) is 0 Å². The third-order valence-electron chi connectivity index (χ3n) is 0. The molecule has 0 unspecified atom stereocenters. The Labute approximate surface area is 105 Å². The minimum absolute atomic E-state index is 0. The summed E-state index contributed by atoms with van der Waals surface area (Å²) >= 11 is 0. The molecule has 3 N–H and O–H groups in total. The van der Waals surface area contributed by atoms with Crippen molar-refractivity contribution < 1.29 is 96.6 Å². The molecule has 0 saturated carbocycles. The van der Waals surface area contributed by atoms with Crippen LogP contribution in [-0.4, -0.2) is 23.0 Å². The van der Waals surface area contributed by atoms with Gasteiger partial charge in [-0.25, -0.2) is 8.42 Å². The molecule has 0 amide bonds. The van der Waals surface area contributed by atoms with Crippen LogP contribution >= 0.6 is 0 Å². The Kier molecular flexibility index (Phi) is 24.8. The van der Waals surface area contributed by atoms with E-state index in [1.165, 1.54) is 0 Å². The van der Waals surface area contributed by atoms with Crippen molar-refractivity contribution in [1.29, 1.82) is 0 Å². The van der Waals surface area contributed by atoms with Crippen molar-refractivity contribution in [2.45, 2.75) is 0 Å². The molecule has 0 aliphatic heterocycles. The van der Waals surface area contributed by atoms with Crippen LogP contribution < -0.4 is 68.9 Å². The van der Waals surface area contributed by atoms with Crippen molar-refractivity contribution >= 4 is 10.4 Å². The van der Waals surface area contributed by atoms with Crippen LogP contribution in [0.2, 0.25) is 0 Å². The first-order valence-corrected chi connectivity index (χ1v) is 2.05. The fourth-order valence-electron chi connectivity index (χ4n) is 0. The monoisotopic (exact) mass is 268 g/mol. The summed E-state index contributed by atoms with van der Waals surface area (Å²) < 4.78 is 32.8. The average molecular weight is 268 g/mol. The van der Waals surface area contributed by atoms with Crippen molar-refractivity contribution in [3.63, 3.8) is 0 Å². The smallest absolute Gasteiger partial charge is 0.726 e. The maximum Gasteiger partial charge on any atom is 1.00 e. The Morgan fingerprint density at radius 1 is 1.38 bits per heavy atom. The summed E-state index contributed by atoms with van der Waals surface area (Å²) in [6, 6.07) is 0. The molecule has 0 aliphatic rings. The van der Waals surface area contributed by atoms with Gasteiger partial charge in [-0.2, -0.15) is 0 Å². The van der Waals surface area contributed by atoms with Gasteiger partial charge in [0.1, 0.15) is 0 Å². The third kappa shape index (κ3) is 110. The predicted octanol–water partition coefficient (Wildman–Crippen LogP) is -4.66. The van der Waals surface area contributed by atoms with Crippen molar-refractivity contribution in [2.75, 3.05) is 0 Å². The maximum absolute atomic E-state index is 8.63. The normalized spacial score (nSPS) is 7.25. The molecule has 0 spiro atoms. The van der Waals surface area contributed by atoms with Gasteiger partial charge in [-0.3, -0.25) is 9.26 Å². The average Bonchev–Trinajstić information content (AvgIpc) is 0.722.